The van der Waals surface area contributed by atoms with Gasteiger partial charge >= 0.3 is 12.1 Å². The van der Waals surface area contributed by atoms with E-state index in [0.29, 0.717) is 0 Å². The summed E-state index contributed by atoms with van der Waals surface area (Å²) >= 11 is 0. The van der Waals surface area contributed by atoms with Crippen LogP contribution < -0.4 is 10.2 Å². The molecule has 1 aromatic heterocycles. The van der Waals surface area contributed by atoms with E-state index in [-0.39, 0.29) is 0 Å². The van der Waals surface area contributed by atoms with Gasteiger partial charge < -0.3 is 15.3 Å². The molecular weight excluding hydrogens is 325 g/mol. The summed E-state index contributed by atoms with van der Waals surface area (Å²) in [4.78, 5) is 20.7. The Morgan fingerprint density at radius 1 is 1.17 bits per heavy atom. The van der Waals surface area contributed by atoms with E-state index in [1.54, 1.807) is 0 Å². The lowest BCUT2D eigenvalue weighted by Crippen LogP contribution is -2.22. The third kappa shape index (κ3) is 4.80. The number of fused-ring (bicyclic) bond motifs is 1. The van der Waals surface area contributed by atoms with Crippen LogP contribution in [0.4, 0.5) is 19.1 Å². The molecule has 0 aromatic carbocycles. The van der Waals surface area contributed by atoms with Crippen molar-refractivity contribution < 1.29 is 23.1 Å². The maximum Gasteiger partial charge on any atom is 0.490 e. The molecule has 0 atom stereocenters. The van der Waals surface area contributed by atoms with Crippen molar-refractivity contribution in [3.63, 3.8) is 0 Å². The van der Waals surface area contributed by atoms with Gasteiger partial charge in [0.1, 0.15) is 0 Å². The highest BCUT2D eigenvalue weighted by molar-refractivity contribution is 5.73. The van der Waals surface area contributed by atoms with Crippen molar-refractivity contribution >= 4 is 11.9 Å². The Morgan fingerprint density at radius 2 is 1.75 bits per heavy atom. The highest BCUT2D eigenvalue weighted by atomic mass is 19.4. The molecule has 0 unspecified atom stereocenters. The fourth-order valence-electron chi connectivity index (χ4n) is 2.78. The normalized spacial score (nSPS) is 17.6. The van der Waals surface area contributed by atoms with Gasteiger partial charge in [-0.25, -0.2) is 14.8 Å². The summed E-state index contributed by atoms with van der Waals surface area (Å²) < 4.78 is 31.7. The summed E-state index contributed by atoms with van der Waals surface area (Å²) in [6, 6.07) is 0. The quantitative estimate of drug-likeness (QED) is 0.806. The molecule has 1 aromatic rings. The fourth-order valence-corrected chi connectivity index (χ4v) is 2.78. The third-order valence-electron chi connectivity index (χ3n) is 4.01. The van der Waals surface area contributed by atoms with Gasteiger partial charge in [0.05, 0.1) is 5.69 Å². The molecule has 9 heteroatoms. The van der Waals surface area contributed by atoms with Crippen LogP contribution in [0.15, 0.2) is 0 Å². The first-order chi connectivity index (χ1) is 11.3. The molecule has 0 aliphatic carbocycles. The van der Waals surface area contributed by atoms with Crippen LogP contribution in [-0.4, -0.2) is 53.4 Å². The molecule has 2 aliphatic heterocycles. The van der Waals surface area contributed by atoms with Crippen LogP contribution in [0.1, 0.15) is 29.8 Å². The van der Waals surface area contributed by atoms with E-state index < -0.39 is 12.1 Å². The Hall–Kier alpha value is -1.90. The number of hydrogen-bond donors (Lipinski definition) is 2. The van der Waals surface area contributed by atoms with E-state index in [1.807, 2.05) is 0 Å². The predicted octanol–water partition coefficient (Wildman–Crippen LogP) is 1.71. The van der Waals surface area contributed by atoms with Crippen molar-refractivity contribution in [3.05, 3.63) is 17.0 Å². The van der Waals surface area contributed by atoms with Crippen LogP contribution in [0.3, 0.4) is 0 Å². The van der Waals surface area contributed by atoms with Crippen molar-refractivity contribution in [2.24, 2.45) is 0 Å². The number of aliphatic carboxylic acids is 1. The average Bonchev–Trinajstić information content (AvgIpc) is 2.92. The van der Waals surface area contributed by atoms with Gasteiger partial charge in [-0.3, -0.25) is 0 Å². The lowest BCUT2D eigenvalue weighted by atomic mass is 10.1. The SMILES string of the molecule is Cc1nc(N2CCCC2)nc2c1CCNCC2.O=C(O)C(F)(F)F. The standard InChI is InChI=1S/C13H20N4.C2HF3O2/c1-10-11-4-6-14-7-5-12(11)16-13(15-10)17-8-2-3-9-17;3-2(4,5)1(6)7/h14H,2-9H2,1H3;(H,6,7). The van der Waals surface area contributed by atoms with Crippen molar-refractivity contribution in [2.75, 3.05) is 31.1 Å². The fraction of sp³-hybridized carbons (Fsp3) is 0.667. The van der Waals surface area contributed by atoms with E-state index in [0.717, 1.165) is 45.0 Å². The Bertz CT molecular complexity index is 587. The Morgan fingerprint density at radius 3 is 2.33 bits per heavy atom. The summed E-state index contributed by atoms with van der Waals surface area (Å²) in [6.07, 6.45) is -0.414. The van der Waals surface area contributed by atoms with Crippen molar-refractivity contribution in [1.82, 2.24) is 15.3 Å². The molecular formula is C15H21F3N4O2. The highest BCUT2D eigenvalue weighted by Crippen LogP contribution is 2.21. The number of alkyl halides is 3. The van der Waals surface area contributed by atoms with Gasteiger partial charge in [-0.05, 0) is 38.3 Å². The lowest BCUT2D eigenvalue weighted by molar-refractivity contribution is -0.192. The first-order valence-electron chi connectivity index (χ1n) is 7.91. The van der Waals surface area contributed by atoms with E-state index in [4.69, 9.17) is 19.9 Å². The van der Waals surface area contributed by atoms with Gasteiger partial charge in [0.15, 0.2) is 0 Å². The zero-order valence-corrected chi connectivity index (χ0v) is 13.5. The van der Waals surface area contributed by atoms with E-state index in [1.165, 1.54) is 29.8 Å². The zero-order chi connectivity index (χ0) is 17.7. The third-order valence-corrected chi connectivity index (χ3v) is 4.01. The van der Waals surface area contributed by atoms with Crippen LogP contribution >= 0.6 is 0 Å². The first-order valence-corrected chi connectivity index (χ1v) is 7.91. The van der Waals surface area contributed by atoms with Crippen LogP contribution in [0.2, 0.25) is 0 Å². The van der Waals surface area contributed by atoms with E-state index in [9.17, 15) is 13.2 Å². The Labute approximate surface area is 138 Å². The predicted molar refractivity (Wildman–Crippen MR) is 82.2 cm³/mol. The van der Waals surface area contributed by atoms with Crippen LogP contribution in [0.5, 0.6) is 0 Å². The van der Waals surface area contributed by atoms with Crippen LogP contribution in [0.25, 0.3) is 0 Å². The van der Waals surface area contributed by atoms with E-state index in [2.05, 4.69) is 17.1 Å². The van der Waals surface area contributed by atoms with E-state index >= 15 is 0 Å². The molecule has 0 bridgehead atoms. The van der Waals surface area contributed by atoms with Gasteiger partial charge in [0, 0.05) is 31.7 Å². The number of rotatable bonds is 1. The summed E-state index contributed by atoms with van der Waals surface area (Å²) in [6.45, 7) is 6.47. The van der Waals surface area contributed by atoms with Crippen LogP contribution in [0, 0.1) is 6.92 Å². The first kappa shape index (κ1) is 18.4. The van der Waals surface area contributed by atoms with Gasteiger partial charge in [-0.1, -0.05) is 0 Å². The number of aryl methyl sites for hydroxylation is 1. The van der Waals surface area contributed by atoms with Gasteiger partial charge in [0.25, 0.3) is 0 Å². The molecule has 3 heterocycles. The number of nitrogens with one attached hydrogen (secondary N) is 1. The molecule has 6 nitrogen and oxygen atoms in total. The van der Waals surface area contributed by atoms with Crippen LogP contribution in [-0.2, 0) is 17.6 Å². The number of halogens is 3. The maximum absolute atomic E-state index is 10.6. The summed E-state index contributed by atoms with van der Waals surface area (Å²) in [5, 5.41) is 10.6. The van der Waals surface area contributed by atoms with Gasteiger partial charge in [-0.2, -0.15) is 13.2 Å². The minimum atomic E-state index is -5.08. The molecule has 3 rings (SSSR count). The number of nitrogens with zero attached hydrogens (tertiary/aromatic N) is 3. The smallest absolute Gasteiger partial charge is 0.475 e. The number of hydrogen-bond acceptors (Lipinski definition) is 5. The number of carboxylic acids is 1. The number of aromatic nitrogens is 2. The monoisotopic (exact) mass is 346 g/mol. The second kappa shape index (κ2) is 7.78. The molecule has 24 heavy (non-hydrogen) atoms. The molecule has 2 aliphatic rings. The average molecular weight is 346 g/mol. The topological polar surface area (TPSA) is 78.4 Å². The minimum Gasteiger partial charge on any atom is -0.475 e. The highest BCUT2D eigenvalue weighted by Gasteiger charge is 2.38. The maximum atomic E-state index is 10.6. The number of carbonyl (C=O) groups is 1. The second-order valence-corrected chi connectivity index (χ2v) is 5.78. The molecule has 134 valence electrons. The molecule has 0 saturated carbocycles. The summed E-state index contributed by atoms with van der Waals surface area (Å²) in [5.74, 6) is -1.80. The summed E-state index contributed by atoms with van der Waals surface area (Å²) in [5.41, 5.74) is 3.82. The zero-order valence-electron chi connectivity index (χ0n) is 13.5. The van der Waals surface area contributed by atoms with Gasteiger partial charge in [0.2, 0.25) is 5.95 Å². The lowest BCUT2D eigenvalue weighted by Gasteiger charge is -2.18. The molecule has 0 amide bonds. The van der Waals surface area contributed by atoms with Crippen molar-refractivity contribution in [1.29, 1.82) is 0 Å². The summed E-state index contributed by atoms with van der Waals surface area (Å²) in [7, 11) is 0. The molecule has 0 spiro atoms. The second-order valence-electron chi connectivity index (χ2n) is 5.78. The van der Waals surface area contributed by atoms with Gasteiger partial charge in [-0.15, -0.1) is 0 Å². The molecule has 1 fully saturated rings. The molecule has 2 N–H and O–H groups in total. The Balaban J connectivity index is 0.000000256. The van der Waals surface area contributed by atoms with Crippen molar-refractivity contribution in [3.8, 4) is 0 Å². The largest absolute Gasteiger partial charge is 0.490 e. The van der Waals surface area contributed by atoms with Crippen molar-refractivity contribution in [2.45, 2.75) is 38.8 Å². The minimum absolute atomic E-state index is 0.959. The number of anilines is 1. The number of carboxylic acid groups (broad SMARTS) is 1. The molecule has 0 radical (unpaired) electrons. The molecule has 1 saturated heterocycles. The Kier molecular flexibility index (Phi) is 5.98.